The number of hydrogen-bond donors (Lipinski definition) is 2. The third-order valence-electron chi connectivity index (χ3n) is 4.80. The van der Waals surface area contributed by atoms with Crippen molar-refractivity contribution in [2.45, 2.75) is 6.04 Å². The fraction of sp³-hybridized carbons (Fsp3) is 0.238. The number of nitro benzene ring substituents is 1. The van der Waals surface area contributed by atoms with E-state index in [1.807, 2.05) is 0 Å². The largest absolute Gasteiger partial charge is 0.507 e. The Kier molecular flexibility index (Phi) is 6.73. The highest BCUT2D eigenvalue weighted by Gasteiger charge is 2.46. The molecule has 1 saturated heterocycles. The average molecular weight is 430 g/mol. The van der Waals surface area contributed by atoms with E-state index in [0.29, 0.717) is 0 Å². The van der Waals surface area contributed by atoms with Crippen molar-refractivity contribution in [2.75, 3.05) is 26.4 Å². The van der Waals surface area contributed by atoms with Gasteiger partial charge in [-0.15, -0.1) is 0 Å². The molecule has 1 atom stereocenters. The molecule has 0 saturated carbocycles. The van der Waals surface area contributed by atoms with Crippen LogP contribution in [0.15, 0.2) is 54.1 Å². The lowest BCUT2D eigenvalue weighted by atomic mass is 9.95. The predicted molar refractivity (Wildman–Crippen MR) is 106 cm³/mol. The topological polar surface area (TPSA) is 130 Å². The zero-order valence-electron chi connectivity index (χ0n) is 16.2. The van der Waals surface area contributed by atoms with E-state index in [1.54, 1.807) is 0 Å². The number of aliphatic hydroxyl groups excluding tert-OH is 2. The first-order valence-corrected chi connectivity index (χ1v) is 9.33. The third-order valence-corrected chi connectivity index (χ3v) is 4.80. The normalized spacial score (nSPS) is 17.9. The zero-order chi connectivity index (χ0) is 22.5. The molecule has 0 spiro atoms. The molecule has 31 heavy (non-hydrogen) atoms. The number of benzene rings is 2. The summed E-state index contributed by atoms with van der Waals surface area (Å²) in [5, 5.41) is 30.5. The highest BCUT2D eigenvalue weighted by Crippen LogP contribution is 2.40. The van der Waals surface area contributed by atoms with Gasteiger partial charge in [0.15, 0.2) is 0 Å². The summed E-state index contributed by atoms with van der Waals surface area (Å²) < 4.78 is 19.8. The number of aliphatic hydroxyl groups is 2. The Labute approximate surface area is 176 Å². The molecule has 2 N–H and O–H groups in total. The molecule has 0 aliphatic carbocycles. The summed E-state index contributed by atoms with van der Waals surface area (Å²) in [5.74, 6) is -3.19. The van der Waals surface area contributed by atoms with Gasteiger partial charge in [0.1, 0.15) is 11.6 Å². The molecule has 0 radical (unpaired) electrons. The first kappa shape index (κ1) is 22.1. The number of ketones is 1. The van der Waals surface area contributed by atoms with Gasteiger partial charge in [-0.1, -0.05) is 18.2 Å². The molecule has 1 fully saturated rings. The van der Waals surface area contributed by atoms with Crippen LogP contribution in [-0.4, -0.2) is 58.1 Å². The lowest BCUT2D eigenvalue weighted by Gasteiger charge is -2.25. The number of carbonyl (C=O) groups excluding carboxylic acids is 2. The first-order valence-electron chi connectivity index (χ1n) is 9.33. The summed E-state index contributed by atoms with van der Waals surface area (Å²) in [5.41, 5.74) is -0.469. The van der Waals surface area contributed by atoms with E-state index in [0.717, 1.165) is 17.0 Å². The number of amides is 1. The summed E-state index contributed by atoms with van der Waals surface area (Å²) in [6.45, 7) is -0.302. The summed E-state index contributed by atoms with van der Waals surface area (Å²) in [6.07, 6.45) is 0. The molecule has 2 aromatic rings. The molecule has 1 aliphatic rings. The number of halogens is 1. The van der Waals surface area contributed by atoms with Crippen molar-refractivity contribution in [2.24, 2.45) is 0 Å². The molecule has 0 unspecified atom stereocenters. The number of hydrogen-bond acceptors (Lipinski definition) is 7. The Morgan fingerprint density at radius 1 is 1.13 bits per heavy atom. The zero-order valence-corrected chi connectivity index (χ0v) is 16.2. The molecule has 2 aromatic carbocycles. The van der Waals surface area contributed by atoms with E-state index in [1.165, 1.54) is 36.4 Å². The molecule has 3 rings (SSSR count). The summed E-state index contributed by atoms with van der Waals surface area (Å²) >= 11 is 0. The van der Waals surface area contributed by atoms with Crippen LogP contribution in [0.4, 0.5) is 10.1 Å². The number of nitro groups is 1. The van der Waals surface area contributed by atoms with Crippen molar-refractivity contribution < 1.29 is 33.9 Å². The van der Waals surface area contributed by atoms with Gasteiger partial charge in [0.25, 0.3) is 17.4 Å². The molecule has 0 aromatic heterocycles. The maximum absolute atomic E-state index is 14.6. The molecule has 1 heterocycles. The van der Waals surface area contributed by atoms with Crippen molar-refractivity contribution in [3.63, 3.8) is 0 Å². The number of likely N-dealkylation sites (tertiary alicyclic amines) is 1. The summed E-state index contributed by atoms with van der Waals surface area (Å²) in [7, 11) is 0. The van der Waals surface area contributed by atoms with Gasteiger partial charge < -0.3 is 19.8 Å². The molecule has 0 bridgehead atoms. The lowest BCUT2D eigenvalue weighted by Crippen LogP contribution is -2.33. The summed E-state index contributed by atoms with van der Waals surface area (Å²) in [4.78, 5) is 36.8. The average Bonchev–Trinajstić information content (AvgIpc) is 3.01. The lowest BCUT2D eigenvalue weighted by molar-refractivity contribution is -0.384. The predicted octanol–water partition coefficient (Wildman–Crippen LogP) is 2.16. The van der Waals surface area contributed by atoms with Gasteiger partial charge in [-0.05, 0) is 18.2 Å². The molecule has 162 valence electrons. The third kappa shape index (κ3) is 4.44. The maximum Gasteiger partial charge on any atom is 0.295 e. The molecular weight excluding hydrogens is 411 g/mol. The van der Waals surface area contributed by atoms with Crippen LogP contribution < -0.4 is 0 Å². The van der Waals surface area contributed by atoms with Crippen molar-refractivity contribution >= 4 is 23.1 Å². The molecule has 1 amide bonds. The van der Waals surface area contributed by atoms with Crippen LogP contribution >= 0.6 is 0 Å². The van der Waals surface area contributed by atoms with Gasteiger partial charge in [0.05, 0.1) is 36.4 Å². The van der Waals surface area contributed by atoms with Crippen LogP contribution in [0.25, 0.3) is 5.76 Å². The Morgan fingerprint density at radius 2 is 1.81 bits per heavy atom. The van der Waals surface area contributed by atoms with Gasteiger partial charge in [-0.3, -0.25) is 19.7 Å². The van der Waals surface area contributed by atoms with E-state index in [-0.39, 0.29) is 48.8 Å². The molecule has 10 heteroatoms. The SMILES string of the molecule is O=C1C(=O)N(CCOCCO)[C@@H](c2ccccc2F)C1=C(O)c1ccc([N+](=O)[O-])cc1. The van der Waals surface area contributed by atoms with Crippen molar-refractivity contribution in [1.29, 1.82) is 0 Å². The van der Waals surface area contributed by atoms with Crippen molar-refractivity contribution in [3.05, 3.63) is 81.2 Å². The van der Waals surface area contributed by atoms with Crippen LogP contribution in [0.3, 0.4) is 0 Å². The van der Waals surface area contributed by atoms with E-state index in [2.05, 4.69) is 0 Å². The summed E-state index contributed by atoms with van der Waals surface area (Å²) in [6, 6.07) is 9.11. The second kappa shape index (κ2) is 9.45. The van der Waals surface area contributed by atoms with Crippen LogP contribution in [0.5, 0.6) is 0 Å². The Hall–Kier alpha value is -3.63. The minimum absolute atomic E-state index is 0.00678. The van der Waals surface area contributed by atoms with Gasteiger partial charge in [0.2, 0.25) is 0 Å². The fourth-order valence-electron chi connectivity index (χ4n) is 3.36. The Morgan fingerprint density at radius 3 is 2.42 bits per heavy atom. The number of non-ortho nitro benzene ring substituents is 1. The van der Waals surface area contributed by atoms with E-state index in [4.69, 9.17) is 9.84 Å². The minimum Gasteiger partial charge on any atom is -0.507 e. The Bertz CT molecular complexity index is 1040. The fourth-order valence-corrected chi connectivity index (χ4v) is 3.36. The highest BCUT2D eigenvalue weighted by atomic mass is 19.1. The van der Waals surface area contributed by atoms with Crippen LogP contribution in [-0.2, 0) is 14.3 Å². The van der Waals surface area contributed by atoms with Crippen molar-refractivity contribution in [3.8, 4) is 0 Å². The highest BCUT2D eigenvalue weighted by molar-refractivity contribution is 6.46. The quantitative estimate of drug-likeness (QED) is 0.164. The van der Waals surface area contributed by atoms with Crippen molar-refractivity contribution in [1.82, 2.24) is 4.90 Å². The minimum atomic E-state index is -1.21. The number of nitrogens with zero attached hydrogens (tertiary/aromatic N) is 2. The first-order chi connectivity index (χ1) is 14.9. The number of ether oxygens (including phenoxy) is 1. The number of rotatable bonds is 8. The van der Waals surface area contributed by atoms with Gasteiger partial charge in [-0.25, -0.2) is 4.39 Å². The number of carbonyl (C=O) groups is 2. The Balaban J connectivity index is 2.08. The monoisotopic (exact) mass is 430 g/mol. The smallest absolute Gasteiger partial charge is 0.295 e. The molecule has 9 nitrogen and oxygen atoms in total. The van der Waals surface area contributed by atoms with E-state index in [9.17, 15) is 29.2 Å². The second-order valence-corrected chi connectivity index (χ2v) is 6.65. The second-order valence-electron chi connectivity index (χ2n) is 6.65. The van der Waals surface area contributed by atoms with Crippen LogP contribution in [0, 0.1) is 15.9 Å². The van der Waals surface area contributed by atoms with E-state index >= 15 is 0 Å². The maximum atomic E-state index is 14.6. The van der Waals surface area contributed by atoms with Gasteiger partial charge in [-0.2, -0.15) is 0 Å². The van der Waals surface area contributed by atoms with Gasteiger partial charge >= 0.3 is 0 Å². The molecule has 1 aliphatic heterocycles. The number of Topliss-reactive ketones (excluding diaryl/α,β-unsaturated/α-hetero) is 1. The molecular formula is C21H19FN2O7. The van der Waals surface area contributed by atoms with Crippen LogP contribution in [0.2, 0.25) is 0 Å². The van der Waals surface area contributed by atoms with Crippen LogP contribution in [0.1, 0.15) is 17.2 Å². The van der Waals surface area contributed by atoms with E-state index < -0.39 is 34.2 Å². The standard InChI is InChI=1S/C21H19FN2O7/c22-16-4-2-1-3-15(16)18-17(19(26)13-5-7-14(8-6-13)24(29)30)20(27)21(28)23(18)9-11-31-12-10-25/h1-8,18,25-26H,9-12H2/t18-/m0/s1. The van der Waals surface area contributed by atoms with Gasteiger partial charge in [0, 0.05) is 29.8 Å².